The number of nitrogens with one attached hydrogen (secondary N) is 1. The molecule has 0 spiro atoms. The summed E-state index contributed by atoms with van der Waals surface area (Å²) in [5, 5.41) is 10.5. The van der Waals surface area contributed by atoms with Crippen LogP contribution in [0.15, 0.2) is 23.1 Å². The summed E-state index contributed by atoms with van der Waals surface area (Å²) in [6.07, 6.45) is -5.04. The molecule has 1 rings (SSSR count). The van der Waals surface area contributed by atoms with Gasteiger partial charge < -0.3 is 5.73 Å². The fraction of sp³-hybridized carbons (Fsp3) is 0.333. The quantitative estimate of drug-likeness (QED) is 0.617. The topological polar surface area (TPSA) is 115 Å². The fourth-order valence-corrected chi connectivity index (χ4v) is 2.61. The van der Waals surface area contributed by atoms with Gasteiger partial charge in [-0.05, 0) is 6.07 Å². The van der Waals surface area contributed by atoms with E-state index >= 15 is 0 Å². The molecule has 0 heterocycles. The van der Waals surface area contributed by atoms with Gasteiger partial charge in [-0.2, -0.15) is 13.2 Å². The van der Waals surface area contributed by atoms with Gasteiger partial charge in [0.15, 0.2) is 0 Å². The van der Waals surface area contributed by atoms with Gasteiger partial charge in [0.1, 0.15) is 0 Å². The van der Waals surface area contributed by atoms with Gasteiger partial charge in [0, 0.05) is 25.2 Å². The van der Waals surface area contributed by atoms with E-state index in [1.165, 1.54) is 0 Å². The van der Waals surface area contributed by atoms with Gasteiger partial charge in [-0.3, -0.25) is 10.1 Å². The molecule has 3 N–H and O–H groups in total. The molecular formula is C9H10F3N3O4S. The third kappa shape index (κ3) is 3.65. The molecule has 20 heavy (non-hydrogen) atoms. The van der Waals surface area contributed by atoms with Crippen LogP contribution in [0, 0.1) is 10.1 Å². The minimum absolute atomic E-state index is 0.104. The lowest BCUT2D eigenvalue weighted by atomic mass is 10.2. The van der Waals surface area contributed by atoms with E-state index in [1.54, 1.807) is 0 Å². The zero-order chi connectivity index (χ0) is 15.6. The molecule has 0 aliphatic carbocycles. The highest BCUT2D eigenvalue weighted by Gasteiger charge is 2.38. The van der Waals surface area contributed by atoms with Crippen LogP contribution in [0.1, 0.15) is 5.56 Å². The van der Waals surface area contributed by atoms with E-state index in [-0.39, 0.29) is 19.2 Å². The molecule has 0 atom stereocenters. The first-order chi connectivity index (χ1) is 9.09. The Morgan fingerprint density at radius 3 is 2.40 bits per heavy atom. The lowest BCUT2D eigenvalue weighted by Crippen LogP contribution is -2.30. The Labute approximate surface area is 111 Å². The number of nitrogens with zero attached hydrogens (tertiary/aromatic N) is 1. The smallest absolute Gasteiger partial charge is 0.329 e. The molecule has 0 aliphatic heterocycles. The number of non-ortho nitro benzene ring substituents is 1. The van der Waals surface area contributed by atoms with Crippen LogP contribution < -0.4 is 10.5 Å². The average molecular weight is 313 g/mol. The average Bonchev–Trinajstić information content (AvgIpc) is 2.34. The van der Waals surface area contributed by atoms with Crippen molar-refractivity contribution in [1.29, 1.82) is 0 Å². The van der Waals surface area contributed by atoms with Crippen LogP contribution in [-0.4, -0.2) is 26.4 Å². The predicted molar refractivity (Wildman–Crippen MR) is 62.3 cm³/mol. The summed E-state index contributed by atoms with van der Waals surface area (Å²) in [5.74, 6) is 0. The summed E-state index contributed by atoms with van der Waals surface area (Å²) in [6, 6.07) is 1.41. The second-order valence-electron chi connectivity index (χ2n) is 3.62. The Kier molecular flexibility index (Phi) is 4.68. The molecule has 0 radical (unpaired) electrons. The first kappa shape index (κ1) is 16.3. The number of hydrogen-bond acceptors (Lipinski definition) is 5. The summed E-state index contributed by atoms with van der Waals surface area (Å²) in [4.78, 5) is 8.35. The number of hydrogen-bond donors (Lipinski definition) is 2. The molecule has 0 saturated heterocycles. The van der Waals surface area contributed by atoms with Crippen molar-refractivity contribution in [2.24, 2.45) is 5.73 Å². The van der Waals surface area contributed by atoms with Crippen LogP contribution in [0.3, 0.4) is 0 Å². The molecule has 1 aromatic rings. The maximum Gasteiger partial charge on any atom is 0.417 e. The number of halogens is 3. The van der Waals surface area contributed by atoms with Crippen molar-refractivity contribution in [3.63, 3.8) is 0 Å². The zero-order valence-electron chi connectivity index (χ0n) is 9.85. The summed E-state index contributed by atoms with van der Waals surface area (Å²) < 4.78 is 63.7. The standard InChI is InChI=1S/C9H10F3N3O4S/c10-9(11,12)7-5-6(15(16)17)1-2-8(7)20(18,19)14-4-3-13/h1-2,5,14H,3-4,13H2. The Hall–Kier alpha value is -1.72. The minimum atomic E-state index is -5.04. The first-order valence-electron chi connectivity index (χ1n) is 5.15. The molecule has 7 nitrogen and oxygen atoms in total. The molecule has 0 amide bonds. The van der Waals surface area contributed by atoms with Gasteiger partial charge in [0.05, 0.1) is 15.4 Å². The van der Waals surface area contributed by atoms with Crippen LogP contribution in [0.25, 0.3) is 0 Å². The van der Waals surface area contributed by atoms with Crippen molar-refractivity contribution in [1.82, 2.24) is 4.72 Å². The molecule has 11 heteroatoms. The van der Waals surface area contributed by atoms with E-state index in [0.29, 0.717) is 12.1 Å². The van der Waals surface area contributed by atoms with Crippen LogP contribution >= 0.6 is 0 Å². The number of nitro groups is 1. The van der Waals surface area contributed by atoms with E-state index in [4.69, 9.17) is 5.73 Å². The van der Waals surface area contributed by atoms with Gasteiger partial charge in [-0.1, -0.05) is 0 Å². The molecule has 0 saturated carbocycles. The molecule has 0 aliphatic rings. The molecule has 0 bridgehead atoms. The third-order valence-corrected chi connectivity index (χ3v) is 3.72. The summed E-state index contributed by atoms with van der Waals surface area (Å²) in [7, 11) is -4.45. The molecule has 1 aromatic carbocycles. The molecular weight excluding hydrogens is 303 g/mol. The Morgan fingerprint density at radius 2 is 1.95 bits per heavy atom. The lowest BCUT2D eigenvalue weighted by Gasteiger charge is -2.13. The number of alkyl halides is 3. The van der Waals surface area contributed by atoms with E-state index in [0.717, 1.165) is 0 Å². The van der Waals surface area contributed by atoms with Crippen molar-refractivity contribution in [2.45, 2.75) is 11.1 Å². The van der Waals surface area contributed by atoms with E-state index in [1.807, 2.05) is 4.72 Å². The van der Waals surface area contributed by atoms with Crippen LogP contribution in [-0.2, 0) is 16.2 Å². The highest BCUT2D eigenvalue weighted by atomic mass is 32.2. The Morgan fingerprint density at radius 1 is 1.35 bits per heavy atom. The molecule has 112 valence electrons. The van der Waals surface area contributed by atoms with Crippen LogP contribution in [0.5, 0.6) is 0 Å². The van der Waals surface area contributed by atoms with E-state index < -0.39 is 37.3 Å². The predicted octanol–water partition coefficient (Wildman–Crippen LogP) is 0.851. The summed E-state index contributed by atoms with van der Waals surface area (Å²) in [6.45, 7) is -0.357. The normalized spacial score (nSPS) is 12.4. The zero-order valence-corrected chi connectivity index (χ0v) is 10.7. The van der Waals surface area contributed by atoms with Gasteiger partial charge in [-0.25, -0.2) is 13.1 Å². The summed E-state index contributed by atoms with van der Waals surface area (Å²) >= 11 is 0. The first-order valence-corrected chi connectivity index (χ1v) is 6.63. The Bertz CT molecular complexity index is 615. The number of nitrogens with two attached hydrogens (primary N) is 1. The van der Waals surface area contributed by atoms with Gasteiger partial charge in [0.25, 0.3) is 5.69 Å². The largest absolute Gasteiger partial charge is 0.417 e. The molecule has 0 unspecified atom stereocenters. The SMILES string of the molecule is NCCNS(=O)(=O)c1ccc([N+](=O)[O-])cc1C(F)(F)F. The number of rotatable bonds is 5. The molecule has 0 fully saturated rings. The number of sulfonamides is 1. The lowest BCUT2D eigenvalue weighted by molar-refractivity contribution is -0.385. The fourth-order valence-electron chi connectivity index (χ4n) is 1.36. The second-order valence-corrected chi connectivity index (χ2v) is 5.36. The third-order valence-electron chi connectivity index (χ3n) is 2.21. The second kappa shape index (κ2) is 5.73. The number of benzene rings is 1. The van der Waals surface area contributed by atoms with E-state index in [2.05, 4.69) is 0 Å². The maximum absolute atomic E-state index is 12.8. The minimum Gasteiger partial charge on any atom is -0.329 e. The Balaban J connectivity index is 3.44. The van der Waals surface area contributed by atoms with Gasteiger partial charge >= 0.3 is 6.18 Å². The highest BCUT2D eigenvalue weighted by Crippen LogP contribution is 2.36. The van der Waals surface area contributed by atoms with Gasteiger partial charge in [-0.15, -0.1) is 0 Å². The highest BCUT2D eigenvalue weighted by molar-refractivity contribution is 7.89. The monoisotopic (exact) mass is 313 g/mol. The van der Waals surface area contributed by atoms with Crippen LogP contribution in [0.2, 0.25) is 0 Å². The van der Waals surface area contributed by atoms with Crippen molar-refractivity contribution in [3.8, 4) is 0 Å². The maximum atomic E-state index is 12.8. The van der Waals surface area contributed by atoms with Crippen LogP contribution in [0.4, 0.5) is 18.9 Å². The van der Waals surface area contributed by atoms with Crippen molar-refractivity contribution in [3.05, 3.63) is 33.9 Å². The van der Waals surface area contributed by atoms with Crippen molar-refractivity contribution < 1.29 is 26.5 Å². The van der Waals surface area contributed by atoms with Gasteiger partial charge in [0.2, 0.25) is 10.0 Å². The summed E-state index contributed by atoms with van der Waals surface area (Å²) in [5.41, 5.74) is 2.61. The van der Waals surface area contributed by atoms with Crippen molar-refractivity contribution >= 4 is 15.7 Å². The molecule has 0 aromatic heterocycles. The van der Waals surface area contributed by atoms with E-state index in [9.17, 15) is 31.7 Å². The van der Waals surface area contributed by atoms with Crippen molar-refractivity contribution in [2.75, 3.05) is 13.1 Å². The number of nitro benzene ring substituents is 1.